The molecular formula is C22H23F3N6O2. The molecule has 1 saturated heterocycles. The van der Waals surface area contributed by atoms with Crippen LogP contribution in [-0.2, 0) is 17.9 Å². The number of hydrogen-bond donors (Lipinski definition) is 1. The number of hydrogen-bond acceptors (Lipinski definition) is 6. The number of nitriles is 1. The van der Waals surface area contributed by atoms with E-state index in [2.05, 4.69) is 56.7 Å². The maximum Gasteiger partial charge on any atom is 0.490 e. The molecule has 4 heterocycles. The highest BCUT2D eigenvalue weighted by molar-refractivity contribution is 5.73. The van der Waals surface area contributed by atoms with E-state index < -0.39 is 12.1 Å². The fraction of sp³-hybridized carbons (Fsp3) is 0.364. The molecule has 1 fully saturated rings. The number of halogens is 3. The van der Waals surface area contributed by atoms with Crippen molar-refractivity contribution >= 4 is 11.6 Å². The van der Waals surface area contributed by atoms with Crippen molar-refractivity contribution in [1.82, 2.24) is 24.2 Å². The molecule has 1 aliphatic rings. The Kier molecular flexibility index (Phi) is 7.63. The third-order valence-corrected chi connectivity index (χ3v) is 5.07. The summed E-state index contributed by atoms with van der Waals surface area (Å²) in [5.41, 5.74) is 5.10. The second-order valence-corrected chi connectivity index (χ2v) is 7.75. The molecule has 0 radical (unpaired) electrons. The first-order valence-corrected chi connectivity index (χ1v) is 10.2. The number of carbonyl (C=O) groups is 1. The van der Waals surface area contributed by atoms with Gasteiger partial charge in [0.15, 0.2) is 0 Å². The van der Waals surface area contributed by atoms with Gasteiger partial charge in [-0.3, -0.25) is 14.8 Å². The van der Waals surface area contributed by atoms with E-state index in [1.54, 1.807) is 6.20 Å². The minimum Gasteiger partial charge on any atom is -0.475 e. The Labute approximate surface area is 188 Å². The molecule has 33 heavy (non-hydrogen) atoms. The van der Waals surface area contributed by atoms with Crippen molar-refractivity contribution in [3.8, 4) is 6.07 Å². The normalized spacial score (nSPS) is 15.0. The van der Waals surface area contributed by atoms with Gasteiger partial charge in [0.1, 0.15) is 11.7 Å². The van der Waals surface area contributed by atoms with Crippen LogP contribution in [0.4, 0.5) is 13.2 Å². The van der Waals surface area contributed by atoms with E-state index in [1.807, 2.05) is 12.3 Å². The minimum absolute atomic E-state index is 0.628. The van der Waals surface area contributed by atoms with Gasteiger partial charge >= 0.3 is 12.1 Å². The zero-order chi connectivity index (χ0) is 24.0. The Morgan fingerprint density at radius 3 is 2.36 bits per heavy atom. The van der Waals surface area contributed by atoms with Crippen LogP contribution in [0.2, 0.25) is 0 Å². The molecule has 3 aromatic heterocycles. The van der Waals surface area contributed by atoms with E-state index in [-0.39, 0.29) is 0 Å². The lowest BCUT2D eigenvalue weighted by Gasteiger charge is -2.34. The summed E-state index contributed by atoms with van der Waals surface area (Å²) in [5.74, 6) is -2.76. The van der Waals surface area contributed by atoms with Gasteiger partial charge in [0, 0.05) is 64.1 Å². The van der Waals surface area contributed by atoms with Crippen LogP contribution in [0.25, 0.3) is 5.65 Å². The summed E-state index contributed by atoms with van der Waals surface area (Å²) in [6.07, 6.45) is 2.63. The van der Waals surface area contributed by atoms with Gasteiger partial charge in [0.25, 0.3) is 0 Å². The first-order chi connectivity index (χ1) is 15.6. The first kappa shape index (κ1) is 24.2. The molecule has 1 aliphatic heterocycles. The van der Waals surface area contributed by atoms with Gasteiger partial charge in [0.05, 0.1) is 11.3 Å². The van der Waals surface area contributed by atoms with Crippen LogP contribution in [0.3, 0.4) is 0 Å². The van der Waals surface area contributed by atoms with E-state index in [0.717, 1.165) is 56.2 Å². The van der Waals surface area contributed by atoms with Crippen LogP contribution in [-0.4, -0.2) is 67.6 Å². The SMILES string of the molecule is Cc1ccc2nc(CN3CCN(Cc4cncc(C#N)c4)CC3)cn2c1.O=C(O)C(F)(F)F. The minimum atomic E-state index is -5.08. The van der Waals surface area contributed by atoms with Crippen LogP contribution in [0.5, 0.6) is 0 Å². The number of fused-ring (bicyclic) bond motifs is 1. The van der Waals surface area contributed by atoms with E-state index in [4.69, 9.17) is 20.1 Å². The quantitative estimate of drug-likeness (QED) is 0.639. The van der Waals surface area contributed by atoms with Crippen molar-refractivity contribution in [2.45, 2.75) is 26.2 Å². The lowest BCUT2D eigenvalue weighted by Crippen LogP contribution is -2.45. The summed E-state index contributed by atoms with van der Waals surface area (Å²) < 4.78 is 33.8. The first-order valence-electron chi connectivity index (χ1n) is 10.2. The summed E-state index contributed by atoms with van der Waals surface area (Å²) in [4.78, 5) is 22.6. The van der Waals surface area contributed by atoms with Gasteiger partial charge in [-0.1, -0.05) is 6.07 Å². The van der Waals surface area contributed by atoms with Crippen LogP contribution < -0.4 is 0 Å². The third-order valence-electron chi connectivity index (χ3n) is 5.07. The summed E-state index contributed by atoms with van der Waals surface area (Å²) in [6, 6.07) is 8.25. The largest absolute Gasteiger partial charge is 0.490 e. The maximum absolute atomic E-state index is 10.6. The Morgan fingerprint density at radius 1 is 1.12 bits per heavy atom. The lowest BCUT2D eigenvalue weighted by atomic mass is 10.2. The van der Waals surface area contributed by atoms with Crippen molar-refractivity contribution in [1.29, 1.82) is 5.26 Å². The van der Waals surface area contributed by atoms with E-state index >= 15 is 0 Å². The molecule has 174 valence electrons. The molecule has 3 aromatic rings. The summed E-state index contributed by atoms with van der Waals surface area (Å²) >= 11 is 0. The molecule has 0 amide bonds. The lowest BCUT2D eigenvalue weighted by molar-refractivity contribution is -0.192. The molecule has 8 nitrogen and oxygen atoms in total. The van der Waals surface area contributed by atoms with Crippen LogP contribution >= 0.6 is 0 Å². The van der Waals surface area contributed by atoms with Crippen molar-refractivity contribution in [3.63, 3.8) is 0 Å². The van der Waals surface area contributed by atoms with Gasteiger partial charge in [-0.05, 0) is 30.2 Å². The average Bonchev–Trinajstić information content (AvgIpc) is 3.16. The van der Waals surface area contributed by atoms with Crippen LogP contribution in [0.15, 0.2) is 43.0 Å². The molecule has 11 heteroatoms. The maximum atomic E-state index is 10.6. The number of piperazine rings is 1. The van der Waals surface area contributed by atoms with Crippen LogP contribution in [0, 0.1) is 18.3 Å². The van der Waals surface area contributed by atoms with Gasteiger partial charge in [-0.15, -0.1) is 0 Å². The molecular weight excluding hydrogens is 437 g/mol. The van der Waals surface area contributed by atoms with E-state index in [0.29, 0.717) is 5.56 Å². The van der Waals surface area contributed by atoms with Gasteiger partial charge in [0.2, 0.25) is 0 Å². The van der Waals surface area contributed by atoms with Gasteiger partial charge in [-0.25, -0.2) is 9.78 Å². The smallest absolute Gasteiger partial charge is 0.475 e. The summed E-state index contributed by atoms with van der Waals surface area (Å²) in [6.45, 7) is 7.92. The summed E-state index contributed by atoms with van der Waals surface area (Å²) in [7, 11) is 0. The number of aliphatic carboxylic acids is 1. The zero-order valence-corrected chi connectivity index (χ0v) is 18.0. The van der Waals surface area contributed by atoms with Crippen molar-refractivity contribution < 1.29 is 23.1 Å². The number of carboxylic acid groups (broad SMARTS) is 1. The molecule has 0 aliphatic carbocycles. The fourth-order valence-electron chi connectivity index (χ4n) is 3.46. The van der Waals surface area contributed by atoms with Crippen molar-refractivity contribution in [3.05, 3.63) is 65.4 Å². The fourth-order valence-corrected chi connectivity index (χ4v) is 3.46. The second kappa shape index (κ2) is 10.4. The van der Waals surface area contributed by atoms with Gasteiger partial charge < -0.3 is 9.51 Å². The Bertz CT molecular complexity index is 1150. The van der Waals surface area contributed by atoms with Crippen LogP contribution in [0.1, 0.15) is 22.4 Å². The molecule has 0 spiro atoms. The molecule has 0 bridgehead atoms. The molecule has 0 unspecified atom stereocenters. The number of alkyl halides is 3. The Morgan fingerprint density at radius 2 is 1.76 bits per heavy atom. The highest BCUT2D eigenvalue weighted by Gasteiger charge is 2.38. The highest BCUT2D eigenvalue weighted by Crippen LogP contribution is 2.14. The standard InChI is InChI=1S/C20H22N6.C2HF3O2/c1-16-2-3-20-23-19(15-26(20)12-16)14-25-6-4-24(5-7-25)13-18-8-17(9-21)10-22-11-18;3-2(4,5)1(6)7/h2-3,8,10-12,15H,4-7,13-14H2,1H3;(H,6,7). The Hall–Kier alpha value is -3.49. The number of imidazole rings is 1. The number of aryl methyl sites for hydroxylation is 1. The summed E-state index contributed by atoms with van der Waals surface area (Å²) in [5, 5.41) is 16.1. The molecule has 0 aromatic carbocycles. The van der Waals surface area contributed by atoms with Gasteiger partial charge in [-0.2, -0.15) is 18.4 Å². The second-order valence-electron chi connectivity index (χ2n) is 7.75. The van der Waals surface area contributed by atoms with E-state index in [9.17, 15) is 13.2 Å². The molecule has 0 saturated carbocycles. The van der Waals surface area contributed by atoms with Crippen molar-refractivity contribution in [2.24, 2.45) is 0 Å². The topological polar surface area (TPSA) is 97.8 Å². The van der Waals surface area contributed by atoms with Crippen molar-refractivity contribution in [2.75, 3.05) is 26.2 Å². The Balaban J connectivity index is 0.000000383. The van der Waals surface area contributed by atoms with E-state index in [1.165, 1.54) is 5.56 Å². The number of carboxylic acids is 1. The average molecular weight is 460 g/mol. The number of rotatable bonds is 4. The monoisotopic (exact) mass is 460 g/mol. The predicted molar refractivity (Wildman–Crippen MR) is 113 cm³/mol. The third kappa shape index (κ3) is 7.00. The number of aromatic nitrogens is 3. The molecule has 1 N–H and O–H groups in total. The number of nitrogens with zero attached hydrogens (tertiary/aromatic N) is 6. The molecule has 0 atom stereocenters. The highest BCUT2D eigenvalue weighted by atomic mass is 19.4. The zero-order valence-electron chi connectivity index (χ0n) is 18.0. The predicted octanol–water partition coefficient (Wildman–Crippen LogP) is 2.86. The number of pyridine rings is 2. The molecule has 4 rings (SSSR count).